The molecule has 1 atom stereocenters. The first-order valence-electron chi connectivity index (χ1n) is 10.7. The molecule has 164 valence electrons. The van der Waals surface area contributed by atoms with E-state index in [0.717, 1.165) is 36.1 Å². The monoisotopic (exact) mass is 426 g/mol. The number of hydrogen-bond acceptors (Lipinski definition) is 5. The number of ether oxygens (including phenoxy) is 1. The van der Waals surface area contributed by atoms with Crippen LogP contribution in [0.4, 0.5) is 10.2 Å². The van der Waals surface area contributed by atoms with E-state index in [4.69, 9.17) is 14.7 Å². The van der Waals surface area contributed by atoms with E-state index >= 15 is 0 Å². The molecule has 0 radical (unpaired) electrons. The molecule has 0 spiro atoms. The van der Waals surface area contributed by atoms with Crippen molar-refractivity contribution in [3.63, 3.8) is 0 Å². The molecule has 0 N–H and O–H groups in total. The highest BCUT2D eigenvalue weighted by Crippen LogP contribution is 2.35. The van der Waals surface area contributed by atoms with Crippen molar-refractivity contribution in [2.24, 2.45) is 0 Å². The van der Waals surface area contributed by atoms with Crippen molar-refractivity contribution in [3.05, 3.63) is 52.7 Å². The van der Waals surface area contributed by atoms with Crippen LogP contribution in [-0.4, -0.2) is 46.9 Å². The zero-order chi connectivity index (χ0) is 22.0. The fourth-order valence-corrected chi connectivity index (χ4v) is 4.31. The second kappa shape index (κ2) is 9.09. The van der Waals surface area contributed by atoms with Crippen molar-refractivity contribution >= 4 is 17.6 Å². The Balaban J connectivity index is 1.64. The number of halogens is 1. The molecule has 4 rings (SSSR count). The maximum Gasteiger partial charge on any atom is 0.233 e. The van der Waals surface area contributed by atoms with Crippen LogP contribution in [0.15, 0.2) is 24.3 Å². The number of carbonyl (C=O) groups is 2. The average molecular weight is 426 g/mol. The van der Waals surface area contributed by atoms with Gasteiger partial charge in [0.25, 0.3) is 0 Å². The van der Waals surface area contributed by atoms with Crippen LogP contribution < -0.4 is 4.90 Å². The van der Waals surface area contributed by atoms with Crippen molar-refractivity contribution in [2.45, 2.75) is 51.6 Å². The lowest BCUT2D eigenvalue weighted by molar-refractivity contribution is -0.136. The quantitative estimate of drug-likeness (QED) is 0.710. The molecule has 0 saturated carbocycles. The first-order chi connectivity index (χ1) is 15.0. The number of methoxy groups -OCH3 is 1. The molecule has 1 fully saturated rings. The molecule has 7 nitrogen and oxygen atoms in total. The lowest BCUT2D eigenvalue weighted by Crippen LogP contribution is -2.40. The molecule has 1 aromatic heterocycles. The average Bonchev–Trinajstić information content (AvgIpc) is 3.09. The molecule has 0 unspecified atom stereocenters. The number of anilines is 1. The molecule has 8 heteroatoms. The van der Waals surface area contributed by atoms with E-state index in [1.165, 1.54) is 12.1 Å². The summed E-state index contributed by atoms with van der Waals surface area (Å²) in [5, 5.41) is 0. The van der Waals surface area contributed by atoms with Crippen molar-refractivity contribution < 1.29 is 18.7 Å². The van der Waals surface area contributed by atoms with Crippen molar-refractivity contribution in [1.82, 2.24) is 14.9 Å². The third-order valence-corrected chi connectivity index (χ3v) is 5.99. The number of amides is 2. The first-order valence-corrected chi connectivity index (χ1v) is 10.7. The summed E-state index contributed by atoms with van der Waals surface area (Å²) < 4.78 is 18.3. The van der Waals surface area contributed by atoms with Crippen molar-refractivity contribution in [1.29, 1.82) is 0 Å². The fraction of sp³-hybridized carbons (Fsp3) is 0.478. The van der Waals surface area contributed by atoms with E-state index in [1.54, 1.807) is 24.1 Å². The van der Waals surface area contributed by atoms with E-state index in [2.05, 4.69) is 0 Å². The number of benzene rings is 1. The van der Waals surface area contributed by atoms with Gasteiger partial charge in [0.1, 0.15) is 11.6 Å². The number of rotatable bonds is 6. The van der Waals surface area contributed by atoms with E-state index in [-0.39, 0.29) is 30.1 Å². The van der Waals surface area contributed by atoms with Crippen LogP contribution in [0.25, 0.3) is 0 Å². The number of carbonyl (C=O) groups excluding carboxylic acids is 2. The van der Waals surface area contributed by atoms with Crippen LogP contribution in [0.5, 0.6) is 0 Å². The van der Waals surface area contributed by atoms with Gasteiger partial charge < -0.3 is 9.64 Å². The topological polar surface area (TPSA) is 75.6 Å². The lowest BCUT2D eigenvalue weighted by Gasteiger charge is -2.35. The molecule has 1 saturated heterocycles. The Hall–Kier alpha value is -2.87. The first kappa shape index (κ1) is 21.4. The van der Waals surface area contributed by atoms with Crippen molar-refractivity contribution in [3.8, 4) is 0 Å². The standard InChI is InChI=1S/C23H27FN4O3/c1-15-18-13-21(30)28(14-16-6-8-17(24)9-7-16)23(18)26-22(25-15)19-5-3-4-11-27(19)20(29)10-12-31-2/h6-9,19H,3-5,10-14H2,1-2H3/t19-/m1/s1. The van der Waals surface area contributed by atoms with E-state index in [0.29, 0.717) is 37.8 Å². The maximum atomic E-state index is 13.3. The Labute approximate surface area is 181 Å². The SMILES string of the molecule is COCCC(=O)N1CCCC[C@@H]1c1nc(C)c2c(n1)N(Cc1ccc(F)cc1)C(=O)C2. The Morgan fingerprint density at radius 1 is 1.23 bits per heavy atom. The minimum absolute atomic E-state index is 0.0348. The second-order valence-electron chi connectivity index (χ2n) is 8.09. The number of fused-ring (bicyclic) bond motifs is 1. The summed E-state index contributed by atoms with van der Waals surface area (Å²) in [6, 6.07) is 5.92. The van der Waals surface area contributed by atoms with Gasteiger partial charge in [0.15, 0.2) is 5.82 Å². The molecule has 0 bridgehead atoms. The molecule has 2 aliphatic rings. The van der Waals surface area contributed by atoms with Gasteiger partial charge in [-0.15, -0.1) is 0 Å². The normalized spacial score (nSPS) is 18.4. The minimum Gasteiger partial charge on any atom is -0.384 e. The third kappa shape index (κ3) is 4.44. The minimum atomic E-state index is -0.312. The van der Waals surface area contributed by atoms with E-state index in [9.17, 15) is 14.0 Å². The Morgan fingerprint density at radius 2 is 2.00 bits per heavy atom. The van der Waals surface area contributed by atoms with Crippen LogP contribution in [0.1, 0.15) is 54.4 Å². The van der Waals surface area contributed by atoms with Gasteiger partial charge in [-0.25, -0.2) is 14.4 Å². The number of hydrogen-bond donors (Lipinski definition) is 0. The molecular formula is C23H27FN4O3. The van der Waals surface area contributed by atoms with E-state index in [1.807, 2.05) is 11.8 Å². The number of aromatic nitrogens is 2. The summed E-state index contributed by atoms with van der Waals surface area (Å²) in [4.78, 5) is 38.5. The van der Waals surface area contributed by atoms with Gasteiger partial charge in [0.05, 0.1) is 32.0 Å². The lowest BCUT2D eigenvalue weighted by atomic mass is 10.0. The number of likely N-dealkylation sites (tertiary alicyclic amines) is 1. The number of aryl methyl sites for hydroxylation is 1. The molecule has 2 aliphatic heterocycles. The molecule has 1 aromatic carbocycles. The van der Waals surface area contributed by atoms with Gasteiger partial charge in [-0.3, -0.25) is 14.5 Å². The zero-order valence-electron chi connectivity index (χ0n) is 17.9. The second-order valence-corrected chi connectivity index (χ2v) is 8.09. The summed E-state index contributed by atoms with van der Waals surface area (Å²) in [7, 11) is 1.58. The largest absolute Gasteiger partial charge is 0.384 e. The smallest absolute Gasteiger partial charge is 0.233 e. The highest BCUT2D eigenvalue weighted by Gasteiger charge is 2.35. The molecule has 2 amide bonds. The zero-order valence-corrected chi connectivity index (χ0v) is 17.9. The number of piperidine rings is 1. The molecule has 2 aromatic rings. The fourth-order valence-electron chi connectivity index (χ4n) is 4.31. The van der Waals surface area contributed by atoms with Gasteiger partial charge in [-0.1, -0.05) is 12.1 Å². The van der Waals surface area contributed by atoms with Crippen LogP contribution in [0.2, 0.25) is 0 Å². The summed E-state index contributed by atoms with van der Waals surface area (Å²) in [5.74, 6) is 0.859. The summed E-state index contributed by atoms with van der Waals surface area (Å²) in [5.41, 5.74) is 2.42. The van der Waals surface area contributed by atoms with Crippen LogP contribution in [0, 0.1) is 12.7 Å². The number of nitrogens with zero attached hydrogens (tertiary/aromatic N) is 4. The molecular weight excluding hydrogens is 399 g/mol. The summed E-state index contributed by atoms with van der Waals surface area (Å²) in [6.07, 6.45) is 3.32. The Kier molecular flexibility index (Phi) is 6.27. The molecule has 0 aliphatic carbocycles. The van der Waals surface area contributed by atoms with Gasteiger partial charge in [0, 0.05) is 24.9 Å². The summed E-state index contributed by atoms with van der Waals surface area (Å²) in [6.45, 7) is 3.26. The molecule has 3 heterocycles. The predicted octanol–water partition coefficient (Wildman–Crippen LogP) is 3.10. The predicted molar refractivity (Wildman–Crippen MR) is 113 cm³/mol. The highest BCUT2D eigenvalue weighted by molar-refractivity contribution is 6.00. The van der Waals surface area contributed by atoms with Crippen LogP contribution in [-0.2, 0) is 27.3 Å². The van der Waals surface area contributed by atoms with Gasteiger partial charge in [-0.2, -0.15) is 0 Å². The van der Waals surface area contributed by atoms with Crippen molar-refractivity contribution in [2.75, 3.05) is 25.2 Å². The maximum absolute atomic E-state index is 13.3. The van der Waals surface area contributed by atoms with E-state index < -0.39 is 0 Å². The highest BCUT2D eigenvalue weighted by atomic mass is 19.1. The van der Waals surface area contributed by atoms with Crippen LogP contribution >= 0.6 is 0 Å². The molecule has 31 heavy (non-hydrogen) atoms. The Bertz CT molecular complexity index is 980. The van der Waals surface area contributed by atoms with Gasteiger partial charge in [-0.05, 0) is 43.9 Å². The van der Waals surface area contributed by atoms with Gasteiger partial charge in [0.2, 0.25) is 11.8 Å². The van der Waals surface area contributed by atoms with Gasteiger partial charge >= 0.3 is 0 Å². The summed E-state index contributed by atoms with van der Waals surface area (Å²) >= 11 is 0. The van der Waals surface area contributed by atoms with Crippen LogP contribution in [0.3, 0.4) is 0 Å². The Morgan fingerprint density at radius 3 is 2.74 bits per heavy atom. The third-order valence-electron chi connectivity index (χ3n) is 5.99.